The van der Waals surface area contributed by atoms with E-state index in [1.807, 2.05) is 28.4 Å². The molecule has 5 heterocycles. The Labute approximate surface area is 210 Å². The lowest BCUT2D eigenvalue weighted by Gasteiger charge is -2.42. The molecule has 178 valence electrons. The molecule has 2 atom stereocenters. The van der Waals surface area contributed by atoms with Crippen LogP contribution in [-0.4, -0.2) is 65.5 Å². The van der Waals surface area contributed by atoms with E-state index in [2.05, 4.69) is 58.1 Å². The number of rotatable bonds is 4. The van der Waals surface area contributed by atoms with Crippen LogP contribution in [0.1, 0.15) is 35.3 Å². The minimum Gasteiger partial charge on any atom is -0.348 e. The highest BCUT2D eigenvalue weighted by atomic mass is 32.1. The van der Waals surface area contributed by atoms with Crippen LogP contribution >= 0.6 is 11.3 Å². The van der Waals surface area contributed by atoms with Crippen molar-refractivity contribution in [3.05, 3.63) is 64.7 Å². The van der Waals surface area contributed by atoms with Crippen LogP contribution in [0.5, 0.6) is 0 Å². The third-order valence-electron chi connectivity index (χ3n) is 7.63. The molecule has 0 spiro atoms. The summed E-state index contributed by atoms with van der Waals surface area (Å²) in [6.07, 6.45) is 7.05. The van der Waals surface area contributed by atoms with Gasteiger partial charge in [0.25, 0.3) is 0 Å². The molecule has 2 saturated heterocycles. The number of nitriles is 1. The maximum Gasteiger partial charge on any atom is 0.237 e. The summed E-state index contributed by atoms with van der Waals surface area (Å²) in [5.74, 6) is 1.18. The maximum atomic E-state index is 13.1. The molecule has 7 heteroatoms. The predicted octanol–water partition coefficient (Wildman–Crippen LogP) is 4.45. The number of anilines is 1. The summed E-state index contributed by atoms with van der Waals surface area (Å²) < 4.78 is 1.34. The van der Waals surface area contributed by atoms with Gasteiger partial charge in [-0.3, -0.25) is 9.69 Å². The van der Waals surface area contributed by atoms with Gasteiger partial charge in [0.2, 0.25) is 5.91 Å². The third-order valence-corrected chi connectivity index (χ3v) is 8.66. The number of pyridine rings is 1. The average molecular weight is 484 g/mol. The van der Waals surface area contributed by atoms with Crippen molar-refractivity contribution in [3.63, 3.8) is 0 Å². The highest BCUT2D eigenvalue weighted by Crippen LogP contribution is 2.34. The molecule has 0 N–H and O–H groups in total. The number of benzene rings is 1. The molecule has 2 unspecified atom stereocenters. The Balaban J connectivity index is 1.07. The van der Waals surface area contributed by atoms with Crippen molar-refractivity contribution in [2.45, 2.75) is 38.3 Å². The van der Waals surface area contributed by atoms with E-state index in [-0.39, 0.29) is 5.91 Å². The molecule has 3 aromatic rings. The Morgan fingerprint density at radius 3 is 2.69 bits per heavy atom. The van der Waals surface area contributed by atoms with Crippen LogP contribution in [0.4, 0.5) is 5.82 Å². The summed E-state index contributed by atoms with van der Waals surface area (Å²) in [5.41, 5.74) is 3.22. The van der Waals surface area contributed by atoms with Gasteiger partial charge in [-0.1, -0.05) is 12.1 Å². The Morgan fingerprint density at radius 1 is 1.17 bits per heavy atom. The zero-order chi connectivity index (χ0) is 23.9. The van der Waals surface area contributed by atoms with E-state index in [9.17, 15) is 4.79 Å². The lowest BCUT2D eigenvalue weighted by atomic mass is 9.98. The molecular formula is C28H29N5OS. The molecule has 1 amide bonds. The lowest BCUT2D eigenvalue weighted by Crippen LogP contribution is -2.56. The van der Waals surface area contributed by atoms with E-state index in [0.29, 0.717) is 30.7 Å². The van der Waals surface area contributed by atoms with E-state index in [4.69, 9.17) is 5.26 Å². The predicted molar refractivity (Wildman–Crippen MR) is 140 cm³/mol. The van der Waals surface area contributed by atoms with Crippen molar-refractivity contribution >= 4 is 38.7 Å². The summed E-state index contributed by atoms with van der Waals surface area (Å²) in [6.45, 7) is 5.90. The molecular weight excluding hydrogens is 454 g/mol. The van der Waals surface area contributed by atoms with Crippen LogP contribution < -0.4 is 4.90 Å². The third kappa shape index (κ3) is 4.33. The van der Waals surface area contributed by atoms with Crippen LogP contribution in [0.25, 0.3) is 15.7 Å². The summed E-state index contributed by atoms with van der Waals surface area (Å²) >= 11 is 1.84. The standard InChI is InChI=1S/C28H29N5OS/c1-19-12-23-13-22(3-6-26(23)35-19)21-8-10-32(11-9-21)28(34)18-31-16-24-4-5-25(17-31)33(24)27-7-2-20(14-29)15-30-27/h2-3,6-8,12-13,15,24-25H,4-5,9-11,16-18H2,1H3. The fourth-order valence-electron chi connectivity index (χ4n) is 5.92. The van der Waals surface area contributed by atoms with Gasteiger partial charge in [-0.2, -0.15) is 5.26 Å². The minimum absolute atomic E-state index is 0.230. The van der Waals surface area contributed by atoms with Crippen molar-refractivity contribution in [2.24, 2.45) is 0 Å². The summed E-state index contributed by atoms with van der Waals surface area (Å²) in [4.78, 5) is 25.8. The largest absolute Gasteiger partial charge is 0.348 e. The Morgan fingerprint density at radius 2 is 2.00 bits per heavy atom. The number of piperazine rings is 1. The number of fused-ring (bicyclic) bond motifs is 3. The van der Waals surface area contributed by atoms with Crippen LogP contribution in [0.15, 0.2) is 48.7 Å². The van der Waals surface area contributed by atoms with Crippen molar-refractivity contribution < 1.29 is 4.79 Å². The number of carbonyl (C=O) groups excluding carboxylic acids is 1. The molecule has 2 fully saturated rings. The van der Waals surface area contributed by atoms with Gasteiger partial charge >= 0.3 is 0 Å². The zero-order valence-electron chi connectivity index (χ0n) is 20.0. The molecule has 35 heavy (non-hydrogen) atoms. The average Bonchev–Trinajstić information content (AvgIpc) is 3.39. The molecule has 2 bridgehead atoms. The molecule has 0 aliphatic carbocycles. The molecule has 3 aliphatic heterocycles. The second-order valence-electron chi connectivity index (χ2n) is 9.93. The minimum atomic E-state index is 0.230. The van der Waals surface area contributed by atoms with Gasteiger partial charge < -0.3 is 9.80 Å². The maximum absolute atomic E-state index is 13.1. The van der Waals surface area contributed by atoms with Gasteiger partial charge in [0.05, 0.1) is 12.1 Å². The van der Waals surface area contributed by atoms with Crippen molar-refractivity contribution in [3.8, 4) is 6.07 Å². The second-order valence-corrected chi connectivity index (χ2v) is 11.2. The van der Waals surface area contributed by atoms with E-state index < -0.39 is 0 Å². The van der Waals surface area contributed by atoms with E-state index in [1.165, 1.54) is 26.1 Å². The summed E-state index contributed by atoms with van der Waals surface area (Å²) in [7, 11) is 0. The first-order valence-electron chi connectivity index (χ1n) is 12.4. The summed E-state index contributed by atoms with van der Waals surface area (Å²) in [6, 6.07) is 15.7. The number of hydrogen-bond acceptors (Lipinski definition) is 6. The van der Waals surface area contributed by atoms with Crippen molar-refractivity contribution in [1.29, 1.82) is 5.26 Å². The summed E-state index contributed by atoms with van der Waals surface area (Å²) in [5, 5.41) is 10.4. The van der Waals surface area contributed by atoms with Gasteiger partial charge in [0, 0.05) is 54.0 Å². The lowest BCUT2D eigenvalue weighted by molar-refractivity contribution is -0.132. The Bertz CT molecular complexity index is 1320. The fraction of sp³-hybridized carbons (Fsp3) is 0.393. The molecule has 0 saturated carbocycles. The van der Waals surface area contributed by atoms with Crippen LogP contribution in [0, 0.1) is 18.3 Å². The van der Waals surface area contributed by atoms with E-state index in [1.54, 1.807) is 6.20 Å². The first-order chi connectivity index (χ1) is 17.1. The van der Waals surface area contributed by atoms with Gasteiger partial charge in [0.15, 0.2) is 0 Å². The number of thiophene rings is 1. The Hall–Kier alpha value is -3.21. The Kier molecular flexibility index (Phi) is 5.79. The topological polar surface area (TPSA) is 63.5 Å². The quantitative estimate of drug-likeness (QED) is 0.549. The first-order valence-corrected chi connectivity index (χ1v) is 13.2. The molecule has 6 rings (SSSR count). The van der Waals surface area contributed by atoms with E-state index >= 15 is 0 Å². The first kappa shape index (κ1) is 22.3. The second kappa shape index (κ2) is 9.10. The molecule has 3 aliphatic rings. The number of nitrogens with zero attached hydrogens (tertiary/aromatic N) is 5. The molecule has 2 aromatic heterocycles. The van der Waals surface area contributed by atoms with Gasteiger partial charge in [0.1, 0.15) is 11.9 Å². The number of likely N-dealkylation sites (tertiary alicyclic amines) is 1. The molecule has 1 aromatic carbocycles. The van der Waals surface area contributed by atoms with Crippen molar-refractivity contribution in [2.75, 3.05) is 37.6 Å². The molecule has 0 radical (unpaired) electrons. The smallest absolute Gasteiger partial charge is 0.237 e. The van der Waals surface area contributed by atoms with Gasteiger partial charge in [-0.25, -0.2) is 4.98 Å². The number of aryl methyl sites for hydroxylation is 1. The number of aromatic nitrogens is 1. The van der Waals surface area contributed by atoms with Gasteiger partial charge in [-0.05, 0) is 73.0 Å². The number of amides is 1. The van der Waals surface area contributed by atoms with Crippen LogP contribution in [-0.2, 0) is 4.79 Å². The highest BCUT2D eigenvalue weighted by Gasteiger charge is 2.41. The zero-order valence-corrected chi connectivity index (χ0v) is 20.8. The van der Waals surface area contributed by atoms with Crippen LogP contribution in [0.2, 0.25) is 0 Å². The molecule has 6 nitrogen and oxygen atoms in total. The van der Waals surface area contributed by atoms with Crippen molar-refractivity contribution in [1.82, 2.24) is 14.8 Å². The van der Waals surface area contributed by atoms with Crippen LogP contribution in [0.3, 0.4) is 0 Å². The monoisotopic (exact) mass is 483 g/mol. The highest BCUT2D eigenvalue weighted by molar-refractivity contribution is 7.19. The van der Waals surface area contributed by atoms with Gasteiger partial charge in [-0.15, -0.1) is 11.3 Å². The fourth-order valence-corrected chi connectivity index (χ4v) is 6.83. The number of carbonyl (C=O) groups is 1. The normalized spacial score (nSPS) is 22.3. The SMILES string of the molecule is Cc1cc2cc(C3=CCN(C(=O)CN4CC5CCC(C4)N5c4ccc(C#N)cn4)CC3)ccc2s1. The number of hydrogen-bond donors (Lipinski definition) is 0. The van der Waals surface area contributed by atoms with E-state index in [0.717, 1.165) is 44.7 Å².